The Kier molecular flexibility index (Phi) is 5.25. The topological polar surface area (TPSA) is 89.9 Å². The largest absolute Gasteiger partial charge is 0.478 e. The Balaban J connectivity index is 2.92. The summed E-state index contributed by atoms with van der Waals surface area (Å²) in [4.78, 5) is 24.1. The second-order valence-electron chi connectivity index (χ2n) is 3.73. The number of hydrogen-bond acceptors (Lipinski definition) is 3. The zero-order chi connectivity index (χ0) is 14.4. The van der Waals surface area contributed by atoms with Crippen molar-refractivity contribution in [1.29, 1.82) is 0 Å². The number of amides is 2. The third-order valence-corrected chi connectivity index (χ3v) is 2.49. The molecule has 0 radical (unpaired) electrons. The van der Waals surface area contributed by atoms with E-state index in [4.69, 9.17) is 10.2 Å². The summed E-state index contributed by atoms with van der Waals surface area (Å²) in [6.07, 6.45) is 0. The molecule has 0 unspecified atom stereocenters. The number of urea groups is 1. The Bertz CT molecular complexity index is 479. The number of carboxylic acid groups (broad SMARTS) is 1. The van der Waals surface area contributed by atoms with E-state index in [-0.39, 0.29) is 24.4 Å². The van der Waals surface area contributed by atoms with Gasteiger partial charge in [-0.1, -0.05) is 0 Å². The van der Waals surface area contributed by atoms with Gasteiger partial charge >= 0.3 is 12.0 Å². The predicted molar refractivity (Wildman–Crippen MR) is 66.7 cm³/mol. The van der Waals surface area contributed by atoms with Crippen molar-refractivity contribution in [3.8, 4) is 0 Å². The van der Waals surface area contributed by atoms with E-state index < -0.39 is 17.8 Å². The van der Waals surface area contributed by atoms with Gasteiger partial charge < -0.3 is 20.4 Å². The molecule has 0 aliphatic heterocycles. The highest BCUT2D eigenvalue weighted by Crippen LogP contribution is 2.17. The van der Waals surface area contributed by atoms with E-state index in [1.54, 1.807) is 6.92 Å². The van der Waals surface area contributed by atoms with Crippen molar-refractivity contribution >= 4 is 17.7 Å². The Morgan fingerprint density at radius 3 is 2.63 bits per heavy atom. The maximum atomic E-state index is 13.0. The van der Waals surface area contributed by atoms with Crippen molar-refractivity contribution in [2.45, 2.75) is 6.92 Å². The van der Waals surface area contributed by atoms with Crippen LogP contribution in [-0.4, -0.2) is 46.8 Å². The van der Waals surface area contributed by atoms with Crippen molar-refractivity contribution in [2.24, 2.45) is 0 Å². The van der Waals surface area contributed by atoms with Crippen LogP contribution in [0.25, 0.3) is 0 Å². The van der Waals surface area contributed by atoms with Crippen LogP contribution in [0.3, 0.4) is 0 Å². The van der Waals surface area contributed by atoms with E-state index in [2.05, 4.69) is 5.32 Å². The number of nitrogens with zero attached hydrogens (tertiary/aromatic N) is 1. The highest BCUT2D eigenvalue weighted by Gasteiger charge is 2.16. The first-order valence-corrected chi connectivity index (χ1v) is 5.69. The zero-order valence-electron chi connectivity index (χ0n) is 10.4. The minimum absolute atomic E-state index is 0.00953. The summed E-state index contributed by atoms with van der Waals surface area (Å²) in [5.74, 6) is -2.03. The van der Waals surface area contributed by atoms with Gasteiger partial charge in [0.25, 0.3) is 0 Å². The van der Waals surface area contributed by atoms with Crippen LogP contribution in [0, 0.1) is 5.82 Å². The molecule has 0 saturated carbocycles. The molecule has 2 amide bonds. The molecule has 1 aromatic carbocycles. The lowest BCUT2D eigenvalue weighted by atomic mass is 10.1. The molecule has 0 spiro atoms. The van der Waals surface area contributed by atoms with Crippen LogP contribution < -0.4 is 5.32 Å². The number of rotatable bonds is 5. The molecule has 0 saturated heterocycles. The number of hydrogen-bond donors (Lipinski definition) is 3. The molecular formula is C12H15FN2O4. The second-order valence-corrected chi connectivity index (χ2v) is 3.73. The summed E-state index contributed by atoms with van der Waals surface area (Å²) in [7, 11) is 0. The predicted octanol–water partition coefficient (Wildman–Crippen LogP) is 1.37. The van der Waals surface area contributed by atoms with Crippen LogP contribution >= 0.6 is 0 Å². The summed E-state index contributed by atoms with van der Waals surface area (Å²) in [5, 5.41) is 20.1. The lowest BCUT2D eigenvalue weighted by Gasteiger charge is -2.20. The molecule has 1 aromatic rings. The van der Waals surface area contributed by atoms with Gasteiger partial charge in [0.1, 0.15) is 5.82 Å². The normalized spacial score (nSPS) is 10.1. The molecule has 0 atom stereocenters. The van der Waals surface area contributed by atoms with Crippen LogP contribution in [0.1, 0.15) is 17.3 Å². The van der Waals surface area contributed by atoms with E-state index >= 15 is 0 Å². The fourth-order valence-corrected chi connectivity index (χ4v) is 1.52. The minimum atomic E-state index is -1.33. The van der Waals surface area contributed by atoms with E-state index in [9.17, 15) is 14.0 Å². The number of likely N-dealkylation sites (N-methyl/N-ethyl adjacent to an activating group) is 1. The molecule has 6 nitrogen and oxygen atoms in total. The van der Waals surface area contributed by atoms with Crippen LogP contribution in [0.4, 0.5) is 14.9 Å². The molecule has 1 rings (SSSR count). The molecule has 0 aliphatic rings. The summed E-state index contributed by atoms with van der Waals surface area (Å²) >= 11 is 0. The van der Waals surface area contributed by atoms with E-state index in [0.717, 1.165) is 12.1 Å². The number of aliphatic hydroxyl groups is 1. The van der Waals surface area contributed by atoms with Crippen LogP contribution in [0.5, 0.6) is 0 Å². The van der Waals surface area contributed by atoms with Crippen molar-refractivity contribution in [3.05, 3.63) is 29.6 Å². The molecule has 19 heavy (non-hydrogen) atoms. The van der Waals surface area contributed by atoms with Crippen LogP contribution in [0.15, 0.2) is 18.2 Å². The van der Waals surface area contributed by atoms with Gasteiger partial charge in [0, 0.05) is 13.1 Å². The lowest BCUT2D eigenvalue weighted by Crippen LogP contribution is -2.37. The Hall–Kier alpha value is -2.15. The van der Waals surface area contributed by atoms with Gasteiger partial charge in [-0.15, -0.1) is 0 Å². The molecule has 0 bridgehead atoms. The Morgan fingerprint density at radius 1 is 1.42 bits per heavy atom. The molecule has 3 N–H and O–H groups in total. The number of anilines is 1. The summed E-state index contributed by atoms with van der Waals surface area (Å²) in [6, 6.07) is 2.53. The van der Waals surface area contributed by atoms with Crippen molar-refractivity contribution in [2.75, 3.05) is 25.0 Å². The monoisotopic (exact) mass is 270 g/mol. The van der Waals surface area contributed by atoms with Gasteiger partial charge in [-0.25, -0.2) is 14.0 Å². The molecular weight excluding hydrogens is 255 g/mol. The standard InChI is InChI=1S/C12H15FN2O4/c1-2-15(5-6-16)12(19)14-10-4-3-8(13)7-9(10)11(17)18/h3-4,7,16H,2,5-6H2,1H3,(H,14,19)(H,17,18). The average molecular weight is 270 g/mol. The molecule has 0 fully saturated rings. The Labute approximate surface area is 109 Å². The molecule has 7 heteroatoms. The first-order chi connectivity index (χ1) is 8.99. The van der Waals surface area contributed by atoms with Gasteiger partial charge in [-0.05, 0) is 25.1 Å². The van der Waals surface area contributed by atoms with Crippen LogP contribution in [0.2, 0.25) is 0 Å². The number of carboxylic acids is 1. The first-order valence-electron chi connectivity index (χ1n) is 5.69. The first kappa shape index (κ1) is 14.9. The SMILES string of the molecule is CCN(CCO)C(=O)Nc1ccc(F)cc1C(=O)O. The third-order valence-electron chi connectivity index (χ3n) is 2.49. The Morgan fingerprint density at radius 2 is 2.11 bits per heavy atom. The highest BCUT2D eigenvalue weighted by molar-refractivity contribution is 6.00. The number of aromatic carboxylic acids is 1. The fraction of sp³-hybridized carbons (Fsp3) is 0.333. The molecule has 104 valence electrons. The minimum Gasteiger partial charge on any atom is -0.478 e. The van der Waals surface area contributed by atoms with E-state index in [1.165, 1.54) is 11.0 Å². The van der Waals surface area contributed by atoms with Gasteiger partial charge in [0.15, 0.2) is 0 Å². The van der Waals surface area contributed by atoms with Crippen molar-refractivity contribution in [3.63, 3.8) is 0 Å². The number of aliphatic hydroxyl groups excluding tert-OH is 1. The highest BCUT2D eigenvalue weighted by atomic mass is 19.1. The maximum Gasteiger partial charge on any atom is 0.337 e. The summed E-state index contributed by atoms with van der Waals surface area (Å²) < 4.78 is 13.0. The summed E-state index contributed by atoms with van der Waals surface area (Å²) in [5.41, 5.74) is -0.316. The number of nitrogens with one attached hydrogen (secondary N) is 1. The number of benzene rings is 1. The average Bonchev–Trinajstić information content (AvgIpc) is 2.37. The number of halogens is 1. The van der Waals surface area contributed by atoms with Gasteiger partial charge in [-0.2, -0.15) is 0 Å². The quantitative estimate of drug-likeness (QED) is 0.753. The fourth-order valence-electron chi connectivity index (χ4n) is 1.52. The van der Waals surface area contributed by atoms with Gasteiger partial charge in [0.05, 0.1) is 17.9 Å². The molecule has 0 aliphatic carbocycles. The van der Waals surface area contributed by atoms with Crippen LogP contribution in [-0.2, 0) is 0 Å². The van der Waals surface area contributed by atoms with Gasteiger partial charge in [-0.3, -0.25) is 0 Å². The molecule has 0 heterocycles. The molecule has 0 aromatic heterocycles. The lowest BCUT2D eigenvalue weighted by molar-refractivity contribution is 0.0697. The third kappa shape index (κ3) is 3.92. The smallest absolute Gasteiger partial charge is 0.337 e. The zero-order valence-corrected chi connectivity index (χ0v) is 10.4. The van der Waals surface area contributed by atoms with Crippen molar-refractivity contribution < 1.29 is 24.2 Å². The summed E-state index contributed by atoms with van der Waals surface area (Å²) in [6.45, 7) is 2.01. The number of carbonyl (C=O) groups excluding carboxylic acids is 1. The number of carbonyl (C=O) groups is 2. The second kappa shape index (κ2) is 6.69. The van der Waals surface area contributed by atoms with Gasteiger partial charge in [0.2, 0.25) is 0 Å². The van der Waals surface area contributed by atoms with E-state index in [0.29, 0.717) is 6.54 Å². The van der Waals surface area contributed by atoms with Crippen molar-refractivity contribution in [1.82, 2.24) is 4.90 Å². The maximum absolute atomic E-state index is 13.0. The van der Waals surface area contributed by atoms with E-state index in [1.807, 2.05) is 0 Å².